The average molecular weight is 329 g/mol. The van der Waals surface area contributed by atoms with Crippen LogP contribution in [-0.2, 0) is 13.7 Å². The zero-order valence-corrected chi connectivity index (χ0v) is 15.8. The predicted octanol–water partition coefficient (Wildman–Crippen LogP) is 5.49. The Morgan fingerprint density at radius 2 is 1.05 bits per heavy atom. The summed E-state index contributed by atoms with van der Waals surface area (Å²) in [6, 6.07) is 0. The number of hydrogen-bond donors (Lipinski definition) is 0. The summed E-state index contributed by atoms with van der Waals surface area (Å²) in [5.41, 5.74) is 0. The molecule has 0 aliphatic carbocycles. The van der Waals surface area contributed by atoms with E-state index in [2.05, 4.69) is 11.3 Å². The molecular formula is C18H36O3Si. The van der Waals surface area contributed by atoms with Gasteiger partial charge < -0.3 is 8.89 Å². The summed E-state index contributed by atoms with van der Waals surface area (Å²) in [4.78, 5) is 11.0. The van der Waals surface area contributed by atoms with Crippen LogP contribution in [0.25, 0.3) is 0 Å². The second-order valence-corrected chi connectivity index (χ2v) is 6.71. The molecular weight excluding hydrogens is 292 g/mol. The van der Waals surface area contributed by atoms with E-state index in [0.717, 1.165) is 12.8 Å². The van der Waals surface area contributed by atoms with Crippen LogP contribution < -0.4 is 0 Å². The van der Waals surface area contributed by atoms with Gasteiger partial charge in [-0.25, -0.2) is 0 Å². The topological polar surface area (TPSA) is 43.4 Å². The maximum Gasteiger partial charge on any atom is 0.494 e. The van der Waals surface area contributed by atoms with Gasteiger partial charge in [-0.1, -0.05) is 96.8 Å². The molecule has 0 N–H and O–H groups in total. The van der Waals surface area contributed by atoms with E-state index in [1.54, 1.807) is 0 Å². The van der Waals surface area contributed by atoms with E-state index in [1.165, 1.54) is 83.5 Å². The van der Waals surface area contributed by atoms with E-state index in [0.29, 0.717) is 6.42 Å². The van der Waals surface area contributed by atoms with Gasteiger partial charge in [0.25, 0.3) is 5.97 Å². The van der Waals surface area contributed by atoms with Crippen molar-refractivity contribution >= 4 is 15.6 Å². The van der Waals surface area contributed by atoms with Crippen LogP contribution in [0.15, 0.2) is 0 Å². The normalized spacial score (nSPS) is 10.6. The first-order valence-corrected chi connectivity index (χ1v) is 10.4. The summed E-state index contributed by atoms with van der Waals surface area (Å²) in [7, 11) is -1.37. The maximum atomic E-state index is 11.0. The molecule has 4 heteroatoms. The number of rotatable bonds is 17. The van der Waals surface area contributed by atoms with Crippen LogP contribution in [-0.4, -0.2) is 15.6 Å². The lowest BCUT2D eigenvalue weighted by atomic mass is 10.0. The highest BCUT2D eigenvalue weighted by Crippen LogP contribution is 2.13. The zero-order valence-electron chi connectivity index (χ0n) is 14.6. The van der Waals surface area contributed by atoms with E-state index < -0.39 is 9.65 Å². The van der Waals surface area contributed by atoms with E-state index in [1.807, 2.05) is 0 Å². The van der Waals surface area contributed by atoms with Crippen molar-refractivity contribution in [3.63, 3.8) is 0 Å². The molecule has 22 heavy (non-hydrogen) atoms. The summed E-state index contributed by atoms with van der Waals surface area (Å²) in [6.45, 7) is 2.27. The minimum atomic E-state index is -1.37. The fourth-order valence-electron chi connectivity index (χ4n) is 2.75. The molecule has 0 saturated carbocycles. The zero-order chi connectivity index (χ0) is 16.3. The molecule has 0 unspecified atom stereocenters. The lowest BCUT2D eigenvalue weighted by Gasteiger charge is -2.03. The van der Waals surface area contributed by atoms with Gasteiger partial charge in [0.2, 0.25) is 0 Å². The van der Waals surface area contributed by atoms with Crippen LogP contribution in [0.5, 0.6) is 0 Å². The molecule has 0 amide bonds. The van der Waals surface area contributed by atoms with Gasteiger partial charge in [-0.05, 0) is 6.42 Å². The fourth-order valence-corrected chi connectivity index (χ4v) is 2.98. The highest BCUT2D eigenvalue weighted by Gasteiger charge is 2.00. The molecule has 0 fully saturated rings. The number of carbonyl (C=O) groups is 1. The summed E-state index contributed by atoms with van der Waals surface area (Å²) in [6.07, 6.45) is 20.2. The third-order valence-electron chi connectivity index (χ3n) is 4.16. The Morgan fingerprint density at radius 3 is 1.41 bits per heavy atom. The fraction of sp³-hybridized carbons (Fsp3) is 0.944. The Balaban J connectivity index is 3.02. The molecule has 0 aromatic heterocycles. The van der Waals surface area contributed by atoms with E-state index in [9.17, 15) is 9.26 Å². The average Bonchev–Trinajstić information content (AvgIpc) is 2.51. The minimum Gasteiger partial charge on any atom is -0.461 e. The van der Waals surface area contributed by atoms with Crippen molar-refractivity contribution in [2.75, 3.05) is 0 Å². The molecule has 0 spiro atoms. The highest BCUT2D eigenvalue weighted by atomic mass is 28.2. The van der Waals surface area contributed by atoms with Crippen LogP contribution in [0.3, 0.4) is 0 Å². The van der Waals surface area contributed by atoms with Gasteiger partial charge >= 0.3 is 9.65 Å². The van der Waals surface area contributed by atoms with E-state index in [-0.39, 0.29) is 5.97 Å². The summed E-state index contributed by atoms with van der Waals surface area (Å²) in [5, 5.41) is 0. The summed E-state index contributed by atoms with van der Waals surface area (Å²) >= 11 is 0. The van der Waals surface area contributed by atoms with Crippen molar-refractivity contribution in [1.82, 2.24) is 0 Å². The van der Waals surface area contributed by atoms with Crippen LogP contribution in [0.1, 0.15) is 110 Å². The predicted molar refractivity (Wildman–Crippen MR) is 93.5 cm³/mol. The second-order valence-electron chi connectivity index (χ2n) is 6.29. The highest BCUT2D eigenvalue weighted by molar-refractivity contribution is 6.12. The first-order valence-electron chi connectivity index (χ1n) is 9.44. The van der Waals surface area contributed by atoms with Crippen LogP contribution in [0.2, 0.25) is 0 Å². The van der Waals surface area contributed by atoms with Gasteiger partial charge in [0.15, 0.2) is 0 Å². The van der Waals surface area contributed by atoms with Gasteiger partial charge in [0.1, 0.15) is 0 Å². The number of hydrogen-bond acceptors (Lipinski definition) is 3. The van der Waals surface area contributed by atoms with E-state index >= 15 is 0 Å². The Labute approximate surface area is 139 Å². The quantitative estimate of drug-likeness (QED) is 0.262. The molecule has 3 nitrogen and oxygen atoms in total. The van der Waals surface area contributed by atoms with Gasteiger partial charge in [-0.3, -0.25) is 4.79 Å². The van der Waals surface area contributed by atoms with Crippen LogP contribution >= 0.6 is 0 Å². The SMILES string of the molecule is CCCCCCCCCCCCCCCCCC(=O)O[SiH]=O. The van der Waals surface area contributed by atoms with Crippen molar-refractivity contribution in [2.45, 2.75) is 110 Å². The molecule has 0 saturated heterocycles. The van der Waals surface area contributed by atoms with Crippen LogP contribution in [0, 0.1) is 0 Å². The second kappa shape index (κ2) is 18.5. The monoisotopic (exact) mass is 328 g/mol. The molecule has 130 valence electrons. The first kappa shape index (κ1) is 21.5. The molecule has 0 aliphatic heterocycles. The van der Waals surface area contributed by atoms with E-state index in [4.69, 9.17) is 0 Å². The largest absolute Gasteiger partial charge is 0.494 e. The lowest BCUT2D eigenvalue weighted by Crippen LogP contribution is -2.02. The summed E-state index contributed by atoms with van der Waals surface area (Å²) in [5.74, 6) is -0.306. The third kappa shape index (κ3) is 17.5. The molecule has 0 aromatic carbocycles. The molecule has 0 atom stereocenters. The number of carbonyl (C=O) groups excluding carboxylic acids is 1. The van der Waals surface area contributed by atoms with Gasteiger partial charge in [-0.2, -0.15) is 0 Å². The lowest BCUT2D eigenvalue weighted by molar-refractivity contribution is -0.134. The summed E-state index contributed by atoms with van der Waals surface area (Å²) < 4.78 is 14.6. The third-order valence-corrected chi connectivity index (χ3v) is 4.52. The Bertz CT molecular complexity index is 257. The number of unbranched alkanes of at least 4 members (excludes halogenated alkanes) is 14. The smallest absolute Gasteiger partial charge is 0.461 e. The van der Waals surface area contributed by atoms with Gasteiger partial charge in [0, 0.05) is 6.42 Å². The van der Waals surface area contributed by atoms with Crippen LogP contribution in [0.4, 0.5) is 0 Å². The van der Waals surface area contributed by atoms with Crippen molar-refractivity contribution in [1.29, 1.82) is 0 Å². The van der Waals surface area contributed by atoms with Crippen molar-refractivity contribution in [2.24, 2.45) is 0 Å². The molecule has 0 radical (unpaired) electrons. The Kier molecular flexibility index (Phi) is 18.1. The minimum absolute atomic E-state index is 0.306. The van der Waals surface area contributed by atoms with Gasteiger partial charge in [0.05, 0.1) is 0 Å². The Hall–Kier alpha value is -0.513. The molecule has 0 aliphatic rings. The van der Waals surface area contributed by atoms with Crippen molar-refractivity contribution < 1.29 is 13.7 Å². The van der Waals surface area contributed by atoms with Crippen molar-refractivity contribution in [3.05, 3.63) is 0 Å². The molecule has 0 aromatic rings. The van der Waals surface area contributed by atoms with Gasteiger partial charge in [-0.15, -0.1) is 0 Å². The maximum absolute atomic E-state index is 11.0. The Morgan fingerprint density at radius 1 is 0.682 bits per heavy atom. The standard InChI is InChI=1S/C18H36O3Si/c1-2-3-4-5-6-7-8-9-10-11-12-13-14-15-16-17-18(19)21-22-20/h22H,2-17H2,1H3. The molecule has 0 rings (SSSR count). The molecule has 0 bridgehead atoms. The first-order chi connectivity index (χ1) is 10.8. The van der Waals surface area contributed by atoms with Crippen molar-refractivity contribution in [3.8, 4) is 0 Å². The molecule has 0 heterocycles.